The predicted molar refractivity (Wildman–Crippen MR) is 176 cm³/mol. The third-order valence-electron chi connectivity index (χ3n) is 7.31. The summed E-state index contributed by atoms with van der Waals surface area (Å²) < 4.78 is 120. The Morgan fingerprint density at radius 2 is 1.12 bits per heavy atom. The average Bonchev–Trinajstić information content (AvgIpc) is 3.65. The molecular formula is C33H27F9N6S2. The molecule has 0 atom stereocenters. The number of rotatable bonds is 6. The van der Waals surface area contributed by atoms with Crippen molar-refractivity contribution in [2.45, 2.75) is 45.5 Å². The lowest BCUT2D eigenvalue weighted by Gasteiger charge is -2.22. The fourth-order valence-electron chi connectivity index (χ4n) is 5.17. The van der Waals surface area contributed by atoms with Gasteiger partial charge in [-0.05, 0) is 54.6 Å². The number of hydrogen-bond acceptors (Lipinski definition) is 8. The number of hydrogen-bond donors (Lipinski definition) is 0. The lowest BCUT2D eigenvalue weighted by molar-refractivity contribution is -0.144. The number of halogens is 9. The molecule has 0 spiro atoms. The highest BCUT2D eigenvalue weighted by Crippen LogP contribution is 2.38. The quantitative estimate of drug-likeness (QED) is 0.158. The third-order valence-corrected chi connectivity index (χ3v) is 9.25. The molecule has 50 heavy (non-hydrogen) atoms. The maximum atomic E-state index is 13.2. The Bertz CT molecular complexity index is 2120. The second-order valence-electron chi connectivity index (χ2n) is 11.2. The standard InChI is InChI=1S/C17H13F6N3S.C16H14F3N3S/c1-9-7-12-13(27-9)14(25-15(24-12)17(21,22)23)26(2)8-10-5-3-4-6-11(10)16(18,19)20;1-10-20-13-7-8-23-14(13)15(21-10)22(2)9-11-5-3-4-6-12(11)16(17,18)19/h3-7H,8H2,1-2H3;3-8H,9H2,1-2H3. The van der Waals surface area contributed by atoms with Crippen molar-refractivity contribution in [3.8, 4) is 0 Å². The van der Waals surface area contributed by atoms with Crippen LogP contribution in [0, 0.1) is 13.8 Å². The topological polar surface area (TPSA) is 58.0 Å². The maximum Gasteiger partial charge on any atom is 0.451 e. The molecule has 4 aromatic heterocycles. The SMILES string of the molecule is Cc1cc2nc(C(F)(F)F)nc(N(C)Cc3ccccc3C(F)(F)F)c2s1.Cc1nc(N(C)Cc2ccccc2C(F)(F)F)c2sccc2n1. The van der Waals surface area contributed by atoms with Gasteiger partial charge in [0.25, 0.3) is 0 Å². The number of anilines is 2. The molecule has 0 aliphatic rings. The van der Waals surface area contributed by atoms with E-state index >= 15 is 0 Å². The lowest BCUT2D eigenvalue weighted by Crippen LogP contribution is -2.22. The lowest BCUT2D eigenvalue weighted by atomic mass is 10.1. The summed E-state index contributed by atoms with van der Waals surface area (Å²) in [5.41, 5.74) is -0.343. The Kier molecular flexibility index (Phi) is 10.3. The molecule has 0 radical (unpaired) electrons. The highest BCUT2D eigenvalue weighted by atomic mass is 32.1. The van der Waals surface area contributed by atoms with Gasteiger partial charge < -0.3 is 9.80 Å². The van der Waals surface area contributed by atoms with E-state index in [0.717, 1.165) is 27.2 Å². The van der Waals surface area contributed by atoms with Crippen LogP contribution >= 0.6 is 22.7 Å². The molecule has 0 saturated heterocycles. The van der Waals surface area contributed by atoms with Crippen molar-refractivity contribution < 1.29 is 39.5 Å². The number of benzene rings is 2. The first kappa shape index (κ1) is 36.8. The van der Waals surface area contributed by atoms with E-state index in [1.54, 1.807) is 31.9 Å². The van der Waals surface area contributed by atoms with E-state index in [4.69, 9.17) is 0 Å². The van der Waals surface area contributed by atoms with Gasteiger partial charge in [0.05, 0.1) is 31.6 Å². The van der Waals surface area contributed by atoms with Crippen molar-refractivity contribution in [2.24, 2.45) is 0 Å². The molecule has 6 nitrogen and oxygen atoms in total. The molecule has 4 heterocycles. The number of thiophene rings is 2. The maximum absolute atomic E-state index is 13.2. The Balaban J connectivity index is 0.000000197. The fraction of sp³-hybridized carbons (Fsp3) is 0.273. The molecule has 0 fully saturated rings. The molecule has 6 aromatic rings. The summed E-state index contributed by atoms with van der Waals surface area (Å²) in [5, 5.41) is 1.90. The van der Waals surface area contributed by atoms with Crippen molar-refractivity contribution in [1.82, 2.24) is 19.9 Å². The van der Waals surface area contributed by atoms with E-state index in [-0.39, 0.29) is 35.6 Å². The van der Waals surface area contributed by atoms with Gasteiger partial charge in [0, 0.05) is 32.1 Å². The summed E-state index contributed by atoms with van der Waals surface area (Å²) >= 11 is 2.67. The van der Waals surface area contributed by atoms with Crippen LogP contribution in [0.2, 0.25) is 0 Å². The van der Waals surface area contributed by atoms with Crippen LogP contribution in [0.3, 0.4) is 0 Å². The number of nitrogens with zero attached hydrogens (tertiary/aromatic N) is 6. The van der Waals surface area contributed by atoms with E-state index in [9.17, 15) is 39.5 Å². The zero-order chi connectivity index (χ0) is 36.6. The number of fused-ring (bicyclic) bond motifs is 2. The van der Waals surface area contributed by atoms with E-state index in [1.165, 1.54) is 71.0 Å². The average molecular weight is 743 g/mol. The van der Waals surface area contributed by atoms with Crippen molar-refractivity contribution in [1.29, 1.82) is 0 Å². The zero-order valence-electron chi connectivity index (χ0n) is 26.7. The van der Waals surface area contributed by atoms with Crippen LogP contribution in [-0.2, 0) is 31.6 Å². The Labute approximate surface area is 287 Å². The van der Waals surface area contributed by atoms with Crippen LogP contribution in [0.25, 0.3) is 20.4 Å². The van der Waals surface area contributed by atoms with Crippen LogP contribution in [-0.4, -0.2) is 34.0 Å². The van der Waals surface area contributed by atoms with Crippen LogP contribution in [0.1, 0.15) is 38.8 Å². The summed E-state index contributed by atoms with van der Waals surface area (Å²) in [6, 6.07) is 14.0. The number of aromatic nitrogens is 4. The summed E-state index contributed by atoms with van der Waals surface area (Å²) in [7, 11) is 3.15. The van der Waals surface area contributed by atoms with E-state index < -0.39 is 35.5 Å². The van der Waals surface area contributed by atoms with Gasteiger partial charge in [0.1, 0.15) is 11.6 Å². The highest BCUT2D eigenvalue weighted by molar-refractivity contribution is 7.19. The molecule has 0 N–H and O–H groups in total. The molecule has 2 aromatic carbocycles. The van der Waals surface area contributed by atoms with E-state index in [0.29, 0.717) is 16.3 Å². The van der Waals surface area contributed by atoms with Crippen LogP contribution in [0.5, 0.6) is 0 Å². The van der Waals surface area contributed by atoms with Crippen molar-refractivity contribution in [3.63, 3.8) is 0 Å². The molecule has 17 heteroatoms. The Morgan fingerprint density at radius 3 is 1.64 bits per heavy atom. The Hall–Kier alpha value is -4.51. The molecule has 264 valence electrons. The van der Waals surface area contributed by atoms with Gasteiger partial charge in [0.2, 0.25) is 5.82 Å². The summed E-state index contributed by atoms with van der Waals surface area (Å²) in [6.07, 6.45) is -13.7. The minimum atomic E-state index is -4.76. The third kappa shape index (κ3) is 8.26. The first-order valence-electron chi connectivity index (χ1n) is 14.6. The molecule has 0 saturated carbocycles. The summed E-state index contributed by atoms with van der Waals surface area (Å²) in [5.74, 6) is -0.123. The van der Waals surface area contributed by atoms with Gasteiger partial charge in [-0.1, -0.05) is 36.4 Å². The molecule has 0 aliphatic carbocycles. The first-order chi connectivity index (χ1) is 23.3. The molecular weight excluding hydrogens is 716 g/mol. The Morgan fingerprint density at radius 1 is 0.600 bits per heavy atom. The molecule has 6 rings (SSSR count). The largest absolute Gasteiger partial charge is 0.451 e. The normalized spacial score (nSPS) is 12.3. The van der Waals surface area contributed by atoms with Crippen LogP contribution in [0.4, 0.5) is 51.1 Å². The van der Waals surface area contributed by atoms with Gasteiger partial charge in [-0.15, -0.1) is 22.7 Å². The fourth-order valence-corrected chi connectivity index (χ4v) is 7.04. The predicted octanol–water partition coefficient (Wildman–Crippen LogP) is 10.3. The van der Waals surface area contributed by atoms with Gasteiger partial charge in [0.15, 0.2) is 5.82 Å². The van der Waals surface area contributed by atoms with Crippen molar-refractivity contribution >= 4 is 54.7 Å². The van der Waals surface area contributed by atoms with Gasteiger partial charge in [-0.25, -0.2) is 19.9 Å². The smallest absolute Gasteiger partial charge is 0.354 e. The van der Waals surface area contributed by atoms with E-state index in [2.05, 4.69) is 19.9 Å². The highest BCUT2D eigenvalue weighted by Gasteiger charge is 2.37. The number of aryl methyl sites for hydroxylation is 2. The van der Waals surface area contributed by atoms with Gasteiger partial charge in [-0.2, -0.15) is 39.5 Å². The minimum absolute atomic E-state index is 0.0533. The van der Waals surface area contributed by atoms with Gasteiger partial charge >= 0.3 is 18.5 Å². The molecule has 0 unspecified atom stereocenters. The van der Waals surface area contributed by atoms with E-state index in [1.807, 2.05) is 11.4 Å². The first-order valence-corrected chi connectivity index (χ1v) is 16.3. The monoisotopic (exact) mass is 742 g/mol. The molecule has 0 bridgehead atoms. The number of alkyl halides is 9. The summed E-state index contributed by atoms with van der Waals surface area (Å²) in [4.78, 5) is 19.6. The van der Waals surface area contributed by atoms with Crippen LogP contribution < -0.4 is 9.80 Å². The van der Waals surface area contributed by atoms with Crippen LogP contribution in [0.15, 0.2) is 66.0 Å². The van der Waals surface area contributed by atoms with Crippen molar-refractivity contribution in [3.05, 3.63) is 105 Å². The zero-order valence-corrected chi connectivity index (χ0v) is 28.3. The summed E-state index contributed by atoms with van der Waals surface area (Å²) in [6.45, 7) is 3.36. The van der Waals surface area contributed by atoms with Crippen molar-refractivity contribution in [2.75, 3.05) is 23.9 Å². The second kappa shape index (κ2) is 14.0. The van der Waals surface area contributed by atoms with Gasteiger partial charge in [-0.3, -0.25) is 0 Å². The second-order valence-corrected chi connectivity index (χ2v) is 13.4. The molecule has 0 aliphatic heterocycles. The minimum Gasteiger partial charge on any atom is -0.354 e. The molecule has 0 amide bonds.